The monoisotopic (exact) mass is 330 g/mol. The van der Waals surface area contributed by atoms with Gasteiger partial charge in [-0.1, -0.05) is 30.3 Å². The van der Waals surface area contributed by atoms with Gasteiger partial charge in [-0.05, 0) is 36.8 Å². The topological polar surface area (TPSA) is 62.7 Å². The quantitative estimate of drug-likeness (QED) is 0.594. The molecule has 0 aliphatic carbocycles. The Labute approximate surface area is 145 Å². The van der Waals surface area contributed by atoms with E-state index in [0.29, 0.717) is 12.1 Å². The van der Waals surface area contributed by atoms with E-state index in [1.54, 1.807) is 17.1 Å². The summed E-state index contributed by atoms with van der Waals surface area (Å²) in [5.41, 5.74) is 4.62. The van der Waals surface area contributed by atoms with Gasteiger partial charge in [0.25, 0.3) is 5.91 Å². The third kappa shape index (κ3) is 3.30. The van der Waals surface area contributed by atoms with Crippen molar-refractivity contribution in [2.45, 2.75) is 13.5 Å². The van der Waals surface area contributed by atoms with E-state index in [1.807, 2.05) is 55.5 Å². The Bertz CT molecular complexity index is 1030. The summed E-state index contributed by atoms with van der Waals surface area (Å²) in [5.74, 6) is -0.161. The van der Waals surface area contributed by atoms with Crippen molar-refractivity contribution in [2.24, 2.45) is 0 Å². The normalized spacial score (nSPS) is 10.9. The molecule has 124 valence electrons. The number of rotatable bonds is 4. The molecular weight excluding hydrogens is 312 g/mol. The van der Waals surface area contributed by atoms with Crippen LogP contribution in [0.25, 0.3) is 10.9 Å². The number of aromatic amines is 1. The SMILES string of the molecule is Cc1cc2cc(NC(=O)c3cnn(Cc4ccccc4)c3)ccc2[nH]1. The first-order valence-electron chi connectivity index (χ1n) is 8.14. The lowest BCUT2D eigenvalue weighted by molar-refractivity contribution is 0.102. The number of aryl methyl sites for hydroxylation is 1. The summed E-state index contributed by atoms with van der Waals surface area (Å²) in [5, 5.41) is 8.29. The van der Waals surface area contributed by atoms with Gasteiger partial charge in [-0.2, -0.15) is 5.10 Å². The predicted octanol–water partition coefficient (Wildman–Crippen LogP) is 3.97. The Morgan fingerprint density at radius 1 is 1.16 bits per heavy atom. The molecule has 2 aromatic carbocycles. The maximum absolute atomic E-state index is 12.4. The van der Waals surface area contributed by atoms with Crippen molar-refractivity contribution in [3.8, 4) is 0 Å². The number of carbonyl (C=O) groups excluding carboxylic acids is 1. The van der Waals surface area contributed by atoms with Crippen LogP contribution in [0.2, 0.25) is 0 Å². The molecule has 0 fully saturated rings. The molecule has 0 unspecified atom stereocenters. The number of carbonyl (C=O) groups is 1. The second-order valence-corrected chi connectivity index (χ2v) is 6.12. The van der Waals surface area contributed by atoms with Crippen LogP contribution in [0.3, 0.4) is 0 Å². The summed E-state index contributed by atoms with van der Waals surface area (Å²) >= 11 is 0. The molecule has 2 heterocycles. The minimum absolute atomic E-state index is 0.161. The largest absolute Gasteiger partial charge is 0.359 e. The van der Waals surface area contributed by atoms with E-state index in [0.717, 1.165) is 27.8 Å². The van der Waals surface area contributed by atoms with Crippen molar-refractivity contribution in [1.29, 1.82) is 0 Å². The van der Waals surface area contributed by atoms with E-state index in [9.17, 15) is 4.79 Å². The number of hydrogen-bond acceptors (Lipinski definition) is 2. The van der Waals surface area contributed by atoms with Gasteiger partial charge < -0.3 is 10.3 Å². The molecule has 0 aliphatic heterocycles. The molecule has 0 radical (unpaired) electrons. The fraction of sp³-hybridized carbons (Fsp3) is 0.100. The minimum atomic E-state index is -0.161. The Morgan fingerprint density at radius 3 is 2.84 bits per heavy atom. The third-order valence-electron chi connectivity index (χ3n) is 4.10. The zero-order valence-electron chi connectivity index (χ0n) is 13.9. The first-order chi connectivity index (χ1) is 12.2. The van der Waals surface area contributed by atoms with Gasteiger partial charge in [0, 0.05) is 28.5 Å². The number of benzene rings is 2. The lowest BCUT2D eigenvalue weighted by Crippen LogP contribution is -2.11. The van der Waals surface area contributed by atoms with Crippen LogP contribution in [0.15, 0.2) is 67.0 Å². The van der Waals surface area contributed by atoms with Crippen molar-refractivity contribution in [3.05, 3.63) is 83.8 Å². The average molecular weight is 330 g/mol. The molecule has 1 amide bonds. The molecule has 25 heavy (non-hydrogen) atoms. The van der Waals surface area contributed by atoms with Crippen molar-refractivity contribution < 1.29 is 4.79 Å². The lowest BCUT2D eigenvalue weighted by Gasteiger charge is -2.04. The Hall–Kier alpha value is -3.34. The van der Waals surface area contributed by atoms with Crippen LogP contribution in [0.5, 0.6) is 0 Å². The highest BCUT2D eigenvalue weighted by Crippen LogP contribution is 2.20. The van der Waals surface area contributed by atoms with Crippen LogP contribution in [-0.4, -0.2) is 20.7 Å². The van der Waals surface area contributed by atoms with Crippen molar-refractivity contribution in [2.75, 3.05) is 5.32 Å². The summed E-state index contributed by atoms with van der Waals surface area (Å²) in [6, 6.07) is 17.9. The summed E-state index contributed by atoms with van der Waals surface area (Å²) in [6.45, 7) is 2.65. The predicted molar refractivity (Wildman–Crippen MR) is 98.8 cm³/mol. The van der Waals surface area contributed by atoms with Crippen LogP contribution in [0.4, 0.5) is 5.69 Å². The molecule has 4 aromatic rings. The number of H-pyrrole nitrogens is 1. The van der Waals surface area contributed by atoms with E-state index < -0.39 is 0 Å². The number of nitrogens with one attached hydrogen (secondary N) is 2. The molecule has 5 nitrogen and oxygen atoms in total. The van der Waals surface area contributed by atoms with E-state index >= 15 is 0 Å². The zero-order valence-corrected chi connectivity index (χ0v) is 13.9. The molecule has 2 N–H and O–H groups in total. The molecule has 0 spiro atoms. The fourth-order valence-corrected chi connectivity index (χ4v) is 2.90. The number of fused-ring (bicyclic) bond motifs is 1. The highest BCUT2D eigenvalue weighted by Gasteiger charge is 2.10. The van der Waals surface area contributed by atoms with Gasteiger partial charge in [-0.3, -0.25) is 9.48 Å². The molecule has 0 atom stereocenters. The summed E-state index contributed by atoms with van der Waals surface area (Å²) in [6.07, 6.45) is 3.36. The van der Waals surface area contributed by atoms with Crippen LogP contribution < -0.4 is 5.32 Å². The number of anilines is 1. The summed E-state index contributed by atoms with van der Waals surface area (Å²) < 4.78 is 1.77. The highest BCUT2D eigenvalue weighted by atomic mass is 16.1. The van der Waals surface area contributed by atoms with Gasteiger partial charge in [-0.25, -0.2) is 0 Å². The Kier molecular flexibility index (Phi) is 3.82. The van der Waals surface area contributed by atoms with Gasteiger partial charge in [-0.15, -0.1) is 0 Å². The molecule has 0 saturated carbocycles. The molecule has 2 aromatic heterocycles. The Balaban J connectivity index is 1.48. The fourth-order valence-electron chi connectivity index (χ4n) is 2.90. The lowest BCUT2D eigenvalue weighted by atomic mass is 10.2. The van der Waals surface area contributed by atoms with Crippen molar-refractivity contribution >= 4 is 22.5 Å². The summed E-state index contributed by atoms with van der Waals surface area (Å²) in [7, 11) is 0. The number of nitrogens with zero attached hydrogens (tertiary/aromatic N) is 2. The first-order valence-corrected chi connectivity index (χ1v) is 8.14. The van der Waals surface area contributed by atoms with E-state index in [1.165, 1.54) is 0 Å². The maximum Gasteiger partial charge on any atom is 0.258 e. The second-order valence-electron chi connectivity index (χ2n) is 6.12. The second kappa shape index (κ2) is 6.28. The van der Waals surface area contributed by atoms with Crippen LogP contribution >= 0.6 is 0 Å². The first kappa shape index (κ1) is 15.2. The standard InChI is InChI=1S/C20H18N4O/c1-14-9-16-10-18(7-8-19(16)22-14)23-20(25)17-11-21-24(13-17)12-15-5-3-2-4-6-15/h2-11,13,22H,12H2,1H3,(H,23,25). The molecular formula is C20H18N4O. The molecule has 0 bridgehead atoms. The molecule has 0 saturated heterocycles. The Morgan fingerprint density at radius 2 is 2.00 bits per heavy atom. The number of amides is 1. The number of aromatic nitrogens is 3. The van der Waals surface area contributed by atoms with Crippen LogP contribution in [0, 0.1) is 6.92 Å². The van der Waals surface area contributed by atoms with Crippen LogP contribution in [0.1, 0.15) is 21.6 Å². The van der Waals surface area contributed by atoms with Gasteiger partial charge >= 0.3 is 0 Å². The average Bonchev–Trinajstić information content (AvgIpc) is 3.21. The van der Waals surface area contributed by atoms with E-state index in [2.05, 4.69) is 21.5 Å². The zero-order chi connectivity index (χ0) is 17.2. The van der Waals surface area contributed by atoms with E-state index in [-0.39, 0.29) is 5.91 Å². The van der Waals surface area contributed by atoms with Crippen LogP contribution in [-0.2, 0) is 6.54 Å². The van der Waals surface area contributed by atoms with E-state index in [4.69, 9.17) is 0 Å². The molecule has 4 rings (SSSR count). The van der Waals surface area contributed by atoms with Crippen molar-refractivity contribution in [3.63, 3.8) is 0 Å². The van der Waals surface area contributed by atoms with Crippen molar-refractivity contribution in [1.82, 2.24) is 14.8 Å². The third-order valence-corrected chi connectivity index (χ3v) is 4.10. The highest BCUT2D eigenvalue weighted by molar-refractivity contribution is 6.04. The minimum Gasteiger partial charge on any atom is -0.359 e. The number of hydrogen-bond donors (Lipinski definition) is 2. The van der Waals surface area contributed by atoms with Gasteiger partial charge in [0.15, 0.2) is 0 Å². The van der Waals surface area contributed by atoms with Gasteiger partial charge in [0.05, 0.1) is 18.3 Å². The maximum atomic E-state index is 12.4. The summed E-state index contributed by atoms with van der Waals surface area (Å²) in [4.78, 5) is 15.7. The smallest absolute Gasteiger partial charge is 0.258 e. The molecule has 0 aliphatic rings. The molecule has 5 heteroatoms. The van der Waals surface area contributed by atoms with Gasteiger partial charge in [0.1, 0.15) is 0 Å². The van der Waals surface area contributed by atoms with Gasteiger partial charge in [0.2, 0.25) is 0 Å².